The zero-order valence-electron chi connectivity index (χ0n) is 18.8. The fraction of sp³-hybridized carbons (Fsp3) is 0.160. The number of nitrogens with zero attached hydrogens (tertiary/aromatic N) is 2. The summed E-state index contributed by atoms with van der Waals surface area (Å²) in [5.41, 5.74) is 1.91. The third-order valence-electron chi connectivity index (χ3n) is 5.20. The number of benzene rings is 2. The summed E-state index contributed by atoms with van der Waals surface area (Å²) in [6, 6.07) is 16.2. The number of aromatic nitrogens is 2. The van der Waals surface area contributed by atoms with Crippen LogP contribution < -0.4 is 20.1 Å². The van der Waals surface area contributed by atoms with Crippen molar-refractivity contribution in [1.82, 2.24) is 14.9 Å². The minimum absolute atomic E-state index is 0.161. The van der Waals surface area contributed by atoms with Crippen LogP contribution in [-0.4, -0.2) is 33.9 Å². The molecule has 0 fully saturated rings. The van der Waals surface area contributed by atoms with Gasteiger partial charge < -0.3 is 24.5 Å². The maximum atomic E-state index is 12.6. The Bertz CT molecular complexity index is 1380. The zero-order valence-corrected chi connectivity index (χ0v) is 19.6. The number of imidazole rings is 1. The van der Waals surface area contributed by atoms with Crippen LogP contribution in [0, 0.1) is 6.92 Å². The summed E-state index contributed by atoms with van der Waals surface area (Å²) in [4.78, 5) is 29.5. The number of fused-ring (bicyclic) bond motifs is 1. The van der Waals surface area contributed by atoms with Crippen molar-refractivity contribution in [1.29, 1.82) is 0 Å². The SMILES string of the molecule is Cc1ccc(CNC(=O)c2cccc(-n3ccnc3SCC(=O)Nc3ccc4c(c3)OCO4)c2)o1. The summed E-state index contributed by atoms with van der Waals surface area (Å²) >= 11 is 1.30. The number of ether oxygens (including phenoxy) is 2. The third-order valence-corrected chi connectivity index (χ3v) is 6.17. The van der Waals surface area contributed by atoms with E-state index in [-0.39, 0.29) is 24.4 Å². The highest BCUT2D eigenvalue weighted by Gasteiger charge is 2.15. The Hall–Kier alpha value is -4.18. The van der Waals surface area contributed by atoms with Crippen molar-refractivity contribution < 1.29 is 23.5 Å². The summed E-state index contributed by atoms with van der Waals surface area (Å²) in [6.07, 6.45) is 3.45. The molecular weight excluding hydrogens is 468 g/mol. The van der Waals surface area contributed by atoms with Crippen molar-refractivity contribution in [2.24, 2.45) is 0 Å². The smallest absolute Gasteiger partial charge is 0.251 e. The number of amides is 2. The first-order chi connectivity index (χ1) is 17.0. The highest BCUT2D eigenvalue weighted by Crippen LogP contribution is 2.34. The van der Waals surface area contributed by atoms with Crippen LogP contribution >= 0.6 is 11.8 Å². The van der Waals surface area contributed by atoms with Crippen molar-refractivity contribution in [3.63, 3.8) is 0 Å². The summed E-state index contributed by atoms with van der Waals surface area (Å²) in [6.45, 7) is 2.34. The molecule has 0 saturated carbocycles. The van der Waals surface area contributed by atoms with Crippen molar-refractivity contribution in [3.05, 3.63) is 84.1 Å². The van der Waals surface area contributed by atoms with Crippen LogP contribution in [0.25, 0.3) is 5.69 Å². The molecule has 0 bridgehead atoms. The van der Waals surface area contributed by atoms with Crippen LogP contribution in [0.3, 0.4) is 0 Å². The van der Waals surface area contributed by atoms with Crippen LogP contribution in [0.2, 0.25) is 0 Å². The molecule has 5 rings (SSSR count). The van der Waals surface area contributed by atoms with Gasteiger partial charge in [-0.15, -0.1) is 0 Å². The molecule has 0 radical (unpaired) electrons. The van der Waals surface area contributed by atoms with Crippen LogP contribution in [0.15, 0.2) is 76.6 Å². The maximum Gasteiger partial charge on any atom is 0.251 e. The van der Waals surface area contributed by atoms with Crippen molar-refractivity contribution in [2.45, 2.75) is 18.6 Å². The molecule has 2 N–H and O–H groups in total. The summed E-state index contributed by atoms with van der Waals surface area (Å²) in [5.74, 6) is 2.53. The van der Waals surface area contributed by atoms with Gasteiger partial charge in [0.2, 0.25) is 12.7 Å². The van der Waals surface area contributed by atoms with Crippen molar-refractivity contribution in [2.75, 3.05) is 17.9 Å². The molecule has 10 heteroatoms. The first-order valence-corrected chi connectivity index (χ1v) is 11.8. The first kappa shape index (κ1) is 22.6. The number of hydrogen-bond acceptors (Lipinski definition) is 7. The molecule has 0 aliphatic carbocycles. The number of furan rings is 1. The molecule has 1 aliphatic heterocycles. The quantitative estimate of drug-likeness (QED) is 0.357. The average Bonchev–Trinajstić information content (AvgIpc) is 3.62. The Kier molecular flexibility index (Phi) is 6.44. The molecule has 35 heavy (non-hydrogen) atoms. The van der Waals surface area contributed by atoms with Gasteiger partial charge in [0.1, 0.15) is 11.5 Å². The summed E-state index contributed by atoms with van der Waals surface area (Å²) in [7, 11) is 0. The minimum Gasteiger partial charge on any atom is -0.465 e. The summed E-state index contributed by atoms with van der Waals surface area (Å²) in [5, 5.41) is 6.35. The lowest BCUT2D eigenvalue weighted by molar-refractivity contribution is -0.113. The molecule has 2 aromatic carbocycles. The third kappa shape index (κ3) is 5.33. The van der Waals surface area contributed by atoms with Crippen molar-refractivity contribution in [3.8, 4) is 17.2 Å². The maximum absolute atomic E-state index is 12.6. The second-order valence-electron chi connectivity index (χ2n) is 7.73. The zero-order chi connectivity index (χ0) is 24.2. The molecule has 2 amide bonds. The molecule has 3 heterocycles. The lowest BCUT2D eigenvalue weighted by Gasteiger charge is -2.10. The fourth-order valence-electron chi connectivity index (χ4n) is 3.54. The number of aryl methyl sites for hydroxylation is 1. The van der Waals surface area contributed by atoms with E-state index < -0.39 is 0 Å². The van der Waals surface area contributed by atoms with E-state index in [2.05, 4.69) is 15.6 Å². The standard InChI is InChI=1S/C25H22N4O5S/c1-16-5-7-20(34-16)13-27-24(31)17-3-2-4-19(11-17)29-10-9-26-25(29)35-14-23(30)28-18-6-8-21-22(12-18)33-15-32-21/h2-12H,13-15H2,1H3,(H,27,31)(H,28,30). The number of nitrogens with one attached hydrogen (secondary N) is 2. The Balaban J connectivity index is 1.21. The predicted octanol–water partition coefficient (Wildman–Crippen LogP) is 4.16. The number of thioether (sulfide) groups is 1. The van der Waals surface area contributed by atoms with Crippen LogP contribution in [0.1, 0.15) is 21.9 Å². The summed E-state index contributed by atoms with van der Waals surface area (Å²) < 4.78 is 18.0. The molecule has 2 aromatic heterocycles. The monoisotopic (exact) mass is 490 g/mol. The van der Waals surface area contributed by atoms with E-state index in [0.717, 1.165) is 11.4 Å². The molecule has 0 atom stereocenters. The molecule has 178 valence electrons. The van der Waals surface area contributed by atoms with E-state index in [9.17, 15) is 9.59 Å². The van der Waals surface area contributed by atoms with Gasteiger partial charge in [0, 0.05) is 35.4 Å². The average molecular weight is 491 g/mol. The Morgan fingerprint density at radius 3 is 2.83 bits per heavy atom. The van der Waals surface area contributed by atoms with E-state index in [4.69, 9.17) is 13.9 Å². The molecule has 1 aliphatic rings. The normalized spacial score (nSPS) is 11.9. The Morgan fingerprint density at radius 1 is 1.09 bits per heavy atom. The van der Waals surface area contributed by atoms with Gasteiger partial charge in [0.05, 0.1) is 12.3 Å². The van der Waals surface area contributed by atoms with Gasteiger partial charge in [-0.05, 0) is 49.4 Å². The van der Waals surface area contributed by atoms with Gasteiger partial charge >= 0.3 is 0 Å². The van der Waals surface area contributed by atoms with Crippen molar-refractivity contribution >= 4 is 29.3 Å². The lowest BCUT2D eigenvalue weighted by atomic mass is 10.2. The van der Waals surface area contributed by atoms with Gasteiger partial charge in [-0.1, -0.05) is 17.8 Å². The van der Waals surface area contributed by atoms with Crippen LogP contribution in [0.4, 0.5) is 5.69 Å². The van der Waals surface area contributed by atoms with E-state index in [1.165, 1.54) is 11.8 Å². The van der Waals surface area contributed by atoms with E-state index in [1.54, 1.807) is 42.7 Å². The number of anilines is 1. The number of hydrogen-bond donors (Lipinski definition) is 2. The molecule has 0 saturated heterocycles. The Labute approximate surface area is 205 Å². The topological polar surface area (TPSA) is 108 Å². The van der Waals surface area contributed by atoms with E-state index in [1.807, 2.05) is 35.8 Å². The van der Waals surface area contributed by atoms with E-state index >= 15 is 0 Å². The second-order valence-corrected chi connectivity index (χ2v) is 8.67. The molecular formula is C25H22N4O5S. The molecule has 4 aromatic rings. The van der Waals surface area contributed by atoms with Gasteiger partial charge in [-0.2, -0.15) is 0 Å². The first-order valence-electron chi connectivity index (χ1n) is 10.8. The number of carbonyl (C=O) groups is 2. The highest BCUT2D eigenvalue weighted by molar-refractivity contribution is 7.99. The number of carbonyl (C=O) groups excluding carboxylic acids is 2. The predicted molar refractivity (Wildman–Crippen MR) is 130 cm³/mol. The van der Waals surface area contributed by atoms with Gasteiger partial charge in [0.15, 0.2) is 16.7 Å². The van der Waals surface area contributed by atoms with Gasteiger partial charge in [-0.3, -0.25) is 14.2 Å². The van der Waals surface area contributed by atoms with Gasteiger partial charge in [0.25, 0.3) is 5.91 Å². The van der Waals surface area contributed by atoms with E-state index in [0.29, 0.717) is 40.2 Å². The Morgan fingerprint density at radius 2 is 1.97 bits per heavy atom. The number of rotatable bonds is 8. The second kappa shape index (κ2) is 9.98. The fourth-order valence-corrected chi connectivity index (χ4v) is 4.31. The lowest BCUT2D eigenvalue weighted by Crippen LogP contribution is -2.22. The minimum atomic E-state index is -0.210. The highest BCUT2D eigenvalue weighted by atomic mass is 32.2. The largest absolute Gasteiger partial charge is 0.465 e. The molecule has 0 spiro atoms. The van der Waals surface area contributed by atoms with Crippen LogP contribution in [0.5, 0.6) is 11.5 Å². The van der Waals surface area contributed by atoms with Gasteiger partial charge in [-0.25, -0.2) is 4.98 Å². The molecule has 0 unspecified atom stereocenters. The molecule has 9 nitrogen and oxygen atoms in total. The van der Waals surface area contributed by atoms with Crippen LogP contribution in [-0.2, 0) is 11.3 Å².